The number of aromatic nitrogens is 2. The van der Waals surface area contributed by atoms with E-state index >= 15 is 0 Å². The molecule has 1 aliphatic rings. The van der Waals surface area contributed by atoms with Gasteiger partial charge in [-0.1, -0.05) is 23.9 Å². The summed E-state index contributed by atoms with van der Waals surface area (Å²) in [5, 5.41) is 8.00. The minimum Gasteiger partial charge on any atom is -0.485 e. The van der Waals surface area contributed by atoms with E-state index in [2.05, 4.69) is 10.2 Å². The van der Waals surface area contributed by atoms with Crippen LogP contribution in [0, 0.1) is 0 Å². The topological polar surface area (TPSA) is 100 Å². The normalized spacial score (nSPS) is 16.9. The van der Waals surface area contributed by atoms with Gasteiger partial charge < -0.3 is 19.6 Å². The lowest BCUT2D eigenvalue weighted by Crippen LogP contribution is -2.21. The highest BCUT2D eigenvalue weighted by atomic mass is 32.2. The maximum absolute atomic E-state index is 10.7. The molecule has 7 nitrogen and oxygen atoms in total. The molecule has 0 unspecified atom stereocenters. The first kappa shape index (κ1) is 12.8. The van der Waals surface area contributed by atoms with E-state index in [4.69, 9.17) is 19.6 Å². The highest BCUT2D eigenvalue weighted by molar-refractivity contribution is 7.99. The van der Waals surface area contributed by atoms with Crippen LogP contribution in [-0.4, -0.2) is 28.5 Å². The molecule has 3 rings (SSSR count). The van der Waals surface area contributed by atoms with Crippen molar-refractivity contribution in [2.24, 2.45) is 5.73 Å². The Kier molecular flexibility index (Phi) is 3.46. The zero-order valence-electron chi connectivity index (χ0n) is 10.3. The fourth-order valence-electron chi connectivity index (χ4n) is 1.68. The summed E-state index contributed by atoms with van der Waals surface area (Å²) in [6, 6.07) is 7.36. The maximum Gasteiger partial charge on any atom is 0.277 e. The van der Waals surface area contributed by atoms with Crippen LogP contribution >= 0.6 is 11.8 Å². The molecule has 1 amide bonds. The van der Waals surface area contributed by atoms with Gasteiger partial charge in [0, 0.05) is 0 Å². The molecule has 1 aromatic carbocycles. The molecule has 1 aromatic heterocycles. The lowest BCUT2D eigenvalue weighted by Gasteiger charge is -2.23. The maximum atomic E-state index is 10.7. The van der Waals surface area contributed by atoms with Crippen LogP contribution in [0.25, 0.3) is 0 Å². The quantitative estimate of drug-likeness (QED) is 0.844. The summed E-state index contributed by atoms with van der Waals surface area (Å²) >= 11 is 1.09. The Hall–Kier alpha value is -2.22. The largest absolute Gasteiger partial charge is 0.485 e. The van der Waals surface area contributed by atoms with Crippen LogP contribution in [0.5, 0.6) is 11.5 Å². The highest BCUT2D eigenvalue weighted by Crippen LogP contribution is 2.35. The number of hydrogen-bond acceptors (Lipinski definition) is 7. The molecule has 2 N–H and O–H groups in total. The summed E-state index contributed by atoms with van der Waals surface area (Å²) in [5.41, 5.74) is 5.05. The number of rotatable bonds is 4. The lowest BCUT2D eigenvalue weighted by molar-refractivity contribution is -0.115. The first-order valence-corrected chi connectivity index (χ1v) is 6.84. The van der Waals surface area contributed by atoms with Crippen LogP contribution in [0.3, 0.4) is 0 Å². The molecule has 0 aliphatic carbocycles. The van der Waals surface area contributed by atoms with Crippen LogP contribution in [0.1, 0.15) is 12.0 Å². The van der Waals surface area contributed by atoms with Gasteiger partial charge in [0.2, 0.25) is 12.0 Å². The summed E-state index contributed by atoms with van der Waals surface area (Å²) < 4.78 is 16.7. The Balaban J connectivity index is 1.70. The number of primary amides is 1. The molecule has 8 heteroatoms. The molecular formula is C12H11N3O4S. The molecule has 104 valence electrons. The van der Waals surface area contributed by atoms with Gasteiger partial charge in [-0.15, -0.1) is 10.2 Å². The number of hydrogen-bond donors (Lipinski definition) is 1. The van der Waals surface area contributed by atoms with Crippen molar-refractivity contribution in [3.63, 3.8) is 0 Å². The molecule has 0 radical (unpaired) electrons. The second kappa shape index (κ2) is 5.41. The van der Waals surface area contributed by atoms with Gasteiger partial charge in [-0.05, 0) is 12.1 Å². The van der Waals surface area contributed by atoms with E-state index in [-0.39, 0.29) is 11.0 Å². The van der Waals surface area contributed by atoms with Gasteiger partial charge in [0.15, 0.2) is 11.5 Å². The van der Waals surface area contributed by atoms with Crippen LogP contribution < -0.4 is 15.2 Å². The first-order chi connectivity index (χ1) is 9.72. The van der Waals surface area contributed by atoms with E-state index < -0.39 is 12.0 Å². The molecule has 2 aromatic rings. The molecule has 0 spiro atoms. The number of nitrogens with zero attached hydrogens (tertiary/aromatic N) is 2. The number of carbonyl (C=O) groups excluding carboxylic acids is 1. The molecule has 0 saturated heterocycles. The fourth-order valence-corrected chi connectivity index (χ4v) is 2.19. The third-order valence-corrected chi connectivity index (χ3v) is 3.38. The lowest BCUT2D eigenvalue weighted by atomic mass is 10.2. The fraction of sp³-hybridized carbons (Fsp3) is 0.250. The number of benzene rings is 1. The van der Waals surface area contributed by atoms with Gasteiger partial charge in [-0.2, -0.15) is 0 Å². The Morgan fingerprint density at radius 2 is 2.15 bits per heavy atom. The second-order valence-electron chi connectivity index (χ2n) is 4.03. The smallest absolute Gasteiger partial charge is 0.277 e. The summed E-state index contributed by atoms with van der Waals surface area (Å²) in [5.74, 6) is 1.28. The van der Waals surface area contributed by atoms with Gasteiger partial charge in [0.1, 0.15) is 6.61 Å². The third kappa shape index (κ3) is 2.69. The van der Waals surface area contributed by atoms with E-state index in [1.165, 1.54) is 0 Å². The van der Waals surface area contributed by atoms with Gasteiger partial charge in [0.25, 0.3) is 11.1 Å². The van der Waals surface area contributed by atoms with E-state index in [1.807, 2.05) is 18.2 Å². The number of amides is 1. The predicted octanol–water partition coefficient (Wildman–Crippen LogP) is 1.16. The van der Waals surface area contributed by atoms with Gasteiger partial charge >= 0.3 is 0 Å². The first-order valence-electron chi connectivity index (χ1n) is 5.85. The van der Waals surface area contributed by atoms with Crippen molar-refractivity contribution in [1.29, 1.82) is 0 Å². The monoisotopic (exact) mass is 293 g/mol. The molecule has 20 heavy (non-hydrogen) atoms. The Bertz CT molecular complexity index is 631. The minimum atomic E-state index is -0.458. The summed E-state index contributed by atoms with van der Waals surface area (Å²) in [7, 11) is 0. The number of fused-ring (bicyclic) bond motifs is 1. The van der Waals surface area contributed by atoms with E-state index in [0.29, 0.717) is 24.0 Å². The second-order valence-corrected chi connectivity index (χ2v) is 4.95. The SMILES string of the molecule is NC(=O)CSc1nnc([C@@H]2COc3ccccc3O2)o1. The Morgan fingerprint density at radius 1 is 1.35 bits per heavy atom. The zero-order chi connectivity index (χ0) is 13.9. The molecule has 0 bridgehead atoms. The van der Waals surface area contributed by atoms with Crippen molar-refractivity contribution in [3.05, 3.63) is 30.2 Å². The van der Waals surface area contributed by atoms with E-state index in [1.54, 1.807) is 6.07 Å². The average molecular weight is 293 g/mol. The molecule has 0 saturated carbocycles. The summed E-state index contributed by atoms with van der Waals surface area (Å²) in [6.07, 6.45) is -0.458. The summed E-state index contributed by atoms with van der Waals surface area (Å²) in [4.78, 5) is 10.7. The minimum absolute atomic E-state index is 0.0898. The highest BCUT2D eigenvalue weighted by Gasteiger charge is 2.27. The molecule has 1 atom stereocenters. The van der Waals surface area contributed by atoms with Crippen LogP contribution in [-0.2, 0) is 4.79 Å². The van der Waals surface area contributed by atoms with E-state index in [0.717, 1.165) is 11.8 Å². The summed E-state index contributed by atoms with van der Waals surface area (Å²) in [6.45, 7) is 0.291. The third-order valence-electron chi connectivity index (χ3n) is 2.54. The van der Waals surface area contributed by atoms with E-state index in [9.17, 15) is 4.79 Å². The number of para-hydroxylation sites is 2. The van der Waals surface area contributed by atoms with Crippen molar-refractivity contribution < 1.29 is 18.7 Å². The van der Waals surface area contributed by atoms with Crippen molar-refractivity contribution in [1.82, 2.24) is 10.2 Å². The van der Waals surface area contributed by atoms with Crippen LogP contribution in [0.2, 0.25) is 0 Å². The van der Waals surface area contributed by atoms with Crippen LogP contribution in [0.4, 0.5) is 0 Å². The van der Waals surface area contributed by atoms with Crippen molar-refractivity contribution in [3.8, 4) is 11.5 Å². The zero-order valence-corrected chi connectivity index (χ0v) is 11.1. The number of carbonyl (C=O) groups is 1. The number of ether oxygens (including phenoxy) is 2. The standard InChI is InChI=1S/C12H11N3O4S/c13-10(16)6-20-12-15-14-11(19-12)9-5-17-7-3-1-2-4-8(7)18-9/h1-4,9H,5-6H2,(H2,13,16)/t9-/m0/s1. The Labute approximate surface area is 118 Å². The van der Waals surface area contributed by atoms with Gasteiger partial charge in [0.05, 0.1) is 5.75 Å². The Morgan fingerprint density at radius 3 is 2.95 bits per heavy atom. The number of nitrogens with two attached hydrogens (primary N) is 1. The van der Waals surface area contributed by atoms with Crippen LogP contribution in [0.15, 0.2) is 33.9 Å². The van der Waals surface area contributed by atoms with Crippen molar-refractivity contribution in [2.75, 3.05) is 12.4 Å². The molecule has 0 fully saturated rings. The predicted molar refractivity (Wildman–Crippen MR) is 69.5 cm³/mol. The van der Waals surface area contributed by atoms with Crippen molar-refractivity contribution in [2.45, 2.75) is 11.3 Å². The number of thioether (sulfide) groups is 1. The van der Waals surface area contributed by atoms with Gasteiger partial charge in [-0.25, -0.2) is 0 Å². The average Bonchev–Trinajstić information content (AvgIpc) is 2.93. The molecule has 2 heterocycles. The van der Waals surface area contributed by atoms with Crippen molar-refractivity contribution >= 4 is 17.7 Å². The molecule has 1 aliphatic heterocycles. The van der Waals surface area contributed by atoms with Gasteiger partial charge in [-0.3, -0.25) is 4.79 Å². The molecular weight excluding hydrogens is 282 g/mol.